The summed E-state index contributed by atoms with van der Waals surface area (Å²) in [7, 11) is 0. The Balaban J connectivity index is 1.47. The highest BCUT2D eigenvalue weighted by molar-refractivity contribution is 7.22. The van der Waals surface area contributed by atoms with Gasteiger partial charge in [-0.2, -0.15) is 0 Å². The van der Waals surface area contributed by atoms with E-state index in [-0.39, 0.29) is 0 Å². The molecule has 0 bridgehead atoms. The first kappa shape index (κ1) is 17.6. The number of ether oxygens (including phenoxy) is 1. The van der Waals surface area contributed by atoms with E-state index in [0.29, 0.717) is 6.61 Å². The Morgan fingerprint density at radius 3 is 2.63 bits per heavy atom. The molecule has 0 spiro atoms. The summed E-state index contributed by atoms with van der Waals surface area (Å²) >= 11 is 1.67. The van der Waals surface area contributed by atoms with Crippen LogP contribution in [0.3, 0.4) is 0 Å². The Hall–Kier alpha value is -2.85. The van der Waals surface area contributed by atoms with Gasteiger partial charge in [0.1, 0.15) is 12.4 Å². The van der Waals surface area contributed by atoms with E-state index >= 15 is 0 Å². The third-order valence-corrected chi connectivity index (χ3v) is 5.30. The van der Waals surface area contributed by atoms with Crippen LogP contribution in [0.25, 0.3) is 21.3 Å². The van der Waals surface area contributed by atoms with E-state index in [0.717, 1.165) is 39.6 Å². The van der Waals surface area contributed by atoms with E-state index in [1.807, 2.05) is 18.2 Å². The average Bonchev–Trinajstić information content (AvgIpc) is 3.14. The van der Waals surface area contributed by atoms with Crippen molar-refractivity contribution in [1.82, 2.24) is 4.98 Å². The lowest BCUT2D eigenvalue weighted by Gasteiger charge is -2.08. The molecule has 136 valence electrons. The van der Waals surface area contributed by atoms with Gasteiger partial charge in [0.25, 0.3) is 0 Å². The molecule has 1 N–H and O–H groups in total. The maximum absolute atomic E-state index is 6.04. The van der Waals surface area contributed by atoms with E-state index in [2.05, 4.69) is 71.8 Å². The van der Waals surface area contributed by atoms with Crippen molar-refractivity contribution in [3.63, 3.8) is 0 Å². The van der Waals surface area contributed by atoms with Crippen LogP contribution in [0, 0.1) is 0 Å². The third-order valence-electron chi connectivity index (χ3n) is 4.33. The maximum atomic E-state index is 6.04. The van der Waals surface area contributed by atoms with Gasteiger partial charge in [-0.05, 0) is 47.4 Å². The van der Waals surface area contributed by atoms with Gasteiger partial charge in [0.15, 0.2) is 5.13 Å². The highest BCUT2D eigenvalue weighted by atomic mass is 32.1. The van der Waals surface area contributed by atoms with Crippen molar-refractivity contribution in [3.8, 4) is 16.9 Å². The number of hydrogen-bond acceptors (Lipinski definition) is 4. The van der Waals surface area contributed by atoms with Crippen LogP contribution in [-0.4, -0.2) is 11.5 Å². The average molecular weight is 375 g/mol. The van der Waals surface area contributed by atoms with Crippen molar-refractivity contribution >= 4 is 26.7 Å². The highest BCUT2D eigenvalue weighted by Gasteiger charge is 2.06. The molecular formula is C23H22N2OS. The Morgan fingerprint density at radius 1 is 0.926 bits per heavy atom. The Labute approximate surface area is 163 Å². The highest BCUT2D eigenvalue weighted by Crippen LogP contribution is 2.29. The van der Waals surface area contributed by atoms with Crippen molar-refractivity contribution < 1.29 is 4.74 Å². The molecule has 0 aliphatic carbocycles. The lowest BCUT2D eigenvalue weighted by molar-refractivity contribution is 0.307. The number of aromatic nitrogens is 1. The first-order valence-corrected chi connectivity index (χ1v) is 10.0. The molecule has 3 nitrogen and oxygen atoms in total. The molecule has 27 heavy (non-hydrogen) atoms. The molecule has 0 unspecified atom stereocenters. The van der Waals surface area contributed by atoms with Gasteiger partial charge in [0.2, 0.25) is 0 Å². The Kier molecular flexibility index (Phi) is 5.35. The molecule has 0 saturated carbocycles. The predicted octanol–water partition coefficient (Wildman–Crippen LogP) is 6.36. The van der Waals surface area contributed by atoms with Gasteiger partial charge in [0, 0.05) is 6.54 Å². The zero-order valence-corrected chi connectivity index (χ0v) is 16.1. The molecule has 1 aromatic heterocycles. The fourth-order valence-electron chi connectivity index (χ4n) is 2.94. The van der Waals surface area contributed by atoms with Gasteiger partial charge in [-0.3, -0.25) is 0 Å². The lowest BCUT2D eigenvalue weighted by atomic mass is 10.0. The molecule has 1 heterocycles. The summed E-state index contributed by atoms with van der Waals surface area (Å²) in [5.74, 6) is 0.873. The molecule has 0 aliphatic heterocycles. The number of benzene rings is 3. The van der Waals surface area contributed by atoms with E-state index in [1.165, 1.54) is 11.1 Å². The number of nitrogens with one attached hydrogen (secondary N) is 1. The molecule has 3 aromatic carbocycles. The number of anilines is 1. The van der Waals surface area contributed by atoms with Gasteiger partial charge in [0.05, 0.1) is 10.2 Å². The zero-order valence-electron chi connectivity index (χ0n) is 15.3. The molecule has 0 amide bonds. The minimum absolute atomic E-state index is 0.548. The van der Waals surface area contributed by atoms with Gasteiger partial charge >= 0.3 is 0 Å². The van der Waals surface area contributed by atoms with Crippen LogP contribution in [0.1, 0.15) is 18.9 Å². The van der Waals surface area contributed by atoms with Crippen molar-refractivity contribution in [1.29, 1.82) is 0 Å². The molecule has 0 aliphatic rings. The normalized spacial score (nSPS) is 10.9. The van der Waals surface area contributed by atoms with Gasteiger partial charge in [-0.25, -0.2) is 4.98 Å². The predicted molar refractivity (Wildman–Crippen MR) is 115 cm³/mol. The quantitative estimate of drug-likeness (QED) is 0.408. The van der Waals surface area contributed by atoms with Gasteiger partial charge in [-0.1, -0.05) is 66.8 Å². The summed E-state index contributed by atoms with van der Waals surface area (Å²) in [4.78, 5) is 4.61. The van der Waals surface area contributed by atoms with Gasteiger partial charge < -0.3 is 10.1 Å². The second-order valence-electron chi connectivity index (χ2n) is 6.43. The minimum atomic E-state index is 0.548. The van der Waals surface area contributed by atoms with Crippen LogP contribution >= 0.6 is 11.3 Å². The molecule has 4 aromatic rings. The molecule has 0 saturated heterocycles. The van der Waals surface area contributed by atoms with Gasteiger partial charge in [-0.15, -0.1) is 0 Å². The monoisotopic (exact) mass is 374 g/mol. The summed E-state index contributed by atoms with van der Waals surface area (Å²) < 4.78 is 7.18. The topological polar surface area (TPSA) is 34.2 Å². The number of fused-ring (bicyclic) bond motifs is 1. The van der Waals surface area contributed by atoms with Crippen LogP contribution in [0.15, 0.2) is 72.8 Å². The maximum Gasteiger partial charge on any atom is 0.183 e. The molecule has 0 fully saturated rings. The summed E-state index contributed by atoms with van der Waals surface area (Å²) in [5, 5.41) is 4.32. The number of nitrogens with zero attached hydrogens (tertiary/aromatic N) is 1. The van der Waals surface area contributed by atoms with Crippen LogP contribution in [0.5, 0.6) is 5.75 Å². The zero-order chi connectivity index (χ0) is 18.5. The van der Waals surface area contributed by atoms with E-state index < -0.39 is 0 Å². The standard InChI is InChI=1S/C23H22N2OS/c1-2-13-24-23-25-21-12-11-20(15-22(21)27-23)26-16-17-7-6-10-19(14-17)18-8-4-3-5-9-18/h3-12,14-15H,2,13,16H2,1H3,(H,24,25). The SMILES string of the molecule is CCCNc1nc2ccc(OCc3cccc(-c4ccccc4)c3)cc2s1. The van der Waals surface area contributed by atoms with E-state index in [9.17, 15) is 0 Å². The number of hydrogen-bond donors (Lipinski definition) is 1. The first-order valence-electron chi connectivity index (χ1n) is 9.23. The van der Waals surface area contributed by atoms with Crippen molar-refractivity contribution in [2.24, 2.45) is 0 Å². The summed E-state index contributed by atoms with van der Waals surface area (Å²) in [5.41, 5.74) is 4.60. The second-order valence-corrected chi connectivity index (χ2v) is 7.46. The summed E-state index contributed by atoms with van der Waals surface area (Å²) in [6.07, 6.45) is 1.09. The van der Waals surface area contributed by atoms with Crippen LogP contribution < -0.4 is 10.1 Å². The number of thiazole rings is 1. The van der Waals surface area contributed by atoms with E-state index in [4.69, 9.17) is 4.74 Å². The fourth-order valence-corrected chi connectivity index (χ4v) is 3.86. The largest absolute Gasteiger partial charge is 0.489 e. The van der Waals surface area contributed by atoms with Crippen LogP contribution in [0.4, 0.5) is 5.13 Å². The minimum Gasteiger partial charge on any atom is -0.489 e. The van der Waals surface area contributed by atoms with Crippen molar-refractivity contribution in [2.75, 3.05) is 11.9 Å². The van der Waals surface area contributed by atoms with Crippen molar-refractivity contribution in [3.05, 3.63) is 78.4 Å². The van der Waals surface area contributed by atoms with Crippen molar-refractivity contribution in [2.45, 2.75) is 20.0 Å². The molecule has 0 radical (unpaired) electrons. The third kappa shape index (κ3) is 4.29. The van der Waals surface area contributed by atoms with Crippen LogP contribution in [-0.2, 0) is 6.61 Å². The second kappa shape index (κ2) is 8.23. The fraction of sp³-hybridized carbons (Fsp3) is 0.174. The van der Waals surface area contributed by atoms with E-state index in [1.54, 1.807) is 11.3 Å². The first-order chi connectivity index (χ1) is 13.3. The summed E-state index contributed by atoms with van der Waals surface area (Å²) in [6.45, 7) is 3.64. The molecule has 4 rings (SSSR count). The molecule has 0 atom stereocenters. The lowest BCUT2D eigenvalue weighted by Crippen LogP contribution is -1.98. The van der Waals surface area contributed by atoms with Crippen LogP contribution in [0.2, 0.25) is 0 Å². The Bertz CT molecular complexity index is 1030. The molecule has 4 heteroatoms. The Morgan fingerprint density at radius 2 is 1.78 bits per heavy atom. The number of rotatable bonds is 7. The molecular weight excluding hydrogens is 352 g/mol. The summed E-state index contributed by atoms with van der Waals surface area (Å²) in [6, 6.07) is 25.0. The smallest absolute Gasteiger partial charge is 0.183 e.